The first kappa shape index (κ1) is 35.2. The van der Waals surface area contributed by atoms with E-state index < -0.39 is 0 Å². The summed E-state index contributed by atoms with van der Waals surface area (Å²) in [5.41, 5.74) is 14.9. The molecule has 10 aromatic rings. The molecule has 0 nitrogen and oxygen atoms in total. The molecule has 10 rings (SSSR count). The Morgan fingerprint density at radius 3 is 0.862 bits per heavy atom. The first-order chi connectivity index (χ1) is 28.6. The van der Waals surface area contributed by atoms with E-state index in [1.807, 2.05) is 0 Å². The number of hydrogen-bond acceptors (Lipinski definition) is 0. The molecule has 0 aliphatic heterocycles. The second-order valence-corrected chi connectivity index (χ2v) is 15.3. The molecule has 58 heavy (non-hydrogen) atoms. The molecule has 0 fully saturated rings. The highest BCUT2D eigenvalue weighted by Crippen LogP contribution is 2.50. The Kier molecular flexibility index (Phi) is 9.09. The quantitative estimate of drug-likeness (QED) is 0.113. The summed E-state index contributed by atoms with van der Waals surface area (Å²) in [6, 6.07) is 75.4. The summed E-state index contributed by atoms with van der Waals surface area (Å²) >= 11 is 0. The van der Waals surface area contributed by atoms with Crippen molar-refractivity contribution in [3.8, 4) is 33.4 Å². The Morgan fingerprint density at radius 2 is 0.552 bits per heavy atom. The van der Waals surface area contributed by atoms with Crippen LogP contribution in [0, 0.1) is 0 Å². The minimum atomic E-state index is 1.19. The molecule has 0 N–H and O–H groups in total. The summed E-state index contributed by atoms with van der Waals surface area (Å²) in [7, 11) is 0. The summed E-state index contributed by atoms with van der Waals surface area (Å²) in [5, 5.41) is 10.0. The summed E-state index contributed by atoms with van der Waals surface area (Å²) < 4.78 is 0. The fraction of sp³-hybridized carbons (Fsp3) is 0.0345. The van der Waals surface area contributed by atoms with Crippen molar-refractivity contribution >= 4 is 66.4 Å². The molecule has 0 spiro atoms. The standard InChI is InChI=1S/C58H42/c1-39(43-21-5-3-6-22-43)35-41-19-17-25-45(37-41)55-47-27-9-13-31-51(47)57(52-32-14-10-28-48(52)55)58-53-33-15-11-29-49(53)56(50-30-12-16-34-54(50)58)46-26-18-20-42(38-46)36-40(2)44-23-7-4-8-24-44/h3-38H,1-2H3. The van der Waals surface area contributed by atoms with Crippen LogP contribution in [0.3, 0.4) is 0 Å². The molecule has 0 heterocycles. The lowest BCUT2D eigenvalue weighted by atomic mass is 9.81. The van der Waals surface area contributed by atoms with Crippen molar-refractivity contribution in [2.45, 2.75) is 13.8 Å². The van der Waals surface area contributed by atoms with Gasteiger partial charge in [-0.25, -0.2) is 0 Å². The van der Waals surface area contributed by atoms with Crippen LogP contribution in [0.4, 0.5) is 0 Å². The van der Waals surface area contributed by atoms with Crippen LogP contribution in [0.15, 0.2) is 206 Å². The number of allylic oxidation sites excluding steroid dienone is 2. The molecule has 0 saturated heterocycles. The van der Waals surface area contributed by atoms with E-state index in [1.54, 1.807) is 0 Å². The molecule has 0 heteroatoms. The summed E-state index contributed by atoms with van der Waals surface area (Å²) in [5.74, 6) is 0. The van der Waals surface area contributed by atoms with E-state index in [-0.39, 0.29) is 0 Å². The third-order valence-corrected chi connectivity index (χ3v) is 11.7. The summed E-state index contributed by atoms with van der Waals surface area (Å²) in [6.07, 6.45) is 4.60. The van der Waals surface area contributed by atoms with E-state index in [0.29, 0.717) is 0 Å². The number of fused-ring (bicyclic) bond motifs is 4. The number of rotatable bonds is 7. The van der Waals surface area contributed by atoms with Crippen LogP contribution in [0.1, 0.15) is 36.1 Å². The van der Waals surface area contributed by atoms with Crippen molar-refractivity contribution in [3.05, 3.63) is 229 Å². The molecule has 0 saturated carbocycles. The first-order valence-electron chi connectivity index (χ1n) is 20.2. The lowest BCUT2D eigenvalue weighted by molar-refractivity contribution is 1.57. The monoisotopic (exact) mass is 738 g/mol. The van der Waals surface area contributed by atoms with Gasteiger partial charge in [-0.2, -0.15) is 0 Å². The Hall–Kier alpha value is -7.28. The summed E-state index contributed by atoms with van der Waals surface area (Å²) in [4.78, 5) is 0. The van der Waals surface area contributed by atoms with Crippen LogP contribution in [0.5, 0.6) is 0 Å². The van der Waals surface area contributed by atoms with Gasteiger partial charge in [0.15, 0.2) is 0 Å². The van der Waals surface area contributed by atoms with E-state index in [9.17, 15) is 0 Å². The second kappa shape index (κ2) is 15.0. The average Bonchev–Trinajstić information content (AvgIpc) is 3.28. The predicted molar refractivity (Wildman–Crippen MR) is 253 cm³/mol. The van der Waals surface area contributed by atoms with Crippen LogP contribution in [0.2, 0.25) is 0 Å². The zero-order valence-electron chi connectivity index (χ0n) is 32.8. The van der Waals surface area contributed by atoms with Crippen molar-refractivity contribution in [2.75, 3.05) is 0 Å². The molecule has 0 unspecified atom stereocenters. The smallest absolute Gasteiger partial charge is 0.00139 e. The normalized spacial score (nSPS) is 12.2. The molecular weight excluding hydrogens is 697 g/mol. The van der Waals surface area contributed by atoms with Gasteiger partial charge in [0.2, 0.25) is 0 Å². The molecular formula is C58H42. The highest BCUT2D eigenvalue weighted by molar-refractivity contribution is 6.30. The molecule has 0 atom stereocenters. The Balaban J connectivity index is 1.22. The van der Waals surface area contributed by atoms with Crippen LogP contribution >= 0.6 is 0 Å². The van der Waals surface area contributed by atoms with Crippen molar-refractivity contribution in [3.63, 3.8) is 0 Å². The zero-order valence-corrected chi connectivity index (χ0v) is 32.8. The Morgan fingerprint density at radius 1 is 0.276 bits per heavy atom. The van der Waals surface area contributed by atoms with E-state index in [0.717, 1.165) is 0 Å². The highest BCUT2D eigenvalue weighted by atomic mass is 14.2. The molecule has 274 valence electrons. The van der Waals surface area contributed by atoms with Gasteiger partial charge in [0.1, 0.15) is 0 Å². The molecule has 0 amide bonds. The van der Waals surface area contributed by atoms with Gasteiger partial charge in [0, 0.05) is 0 Å². The Labute approximate surface area is 340 Å². The molecule has 10 aromatic carbocycles. The third kappa shape index (κ3) is 6.30. The summed E-state index contributed by atoms with van der Waals surface area (Å²) in [6.45, 7) is 4.39. The largest absolute Gasteiger partial charge is 0.0622 e. The van der Waals surface area contributed by atoms with Gasteiger partial charge in [-0.05, 0) is 136 Å². The Bertz CT molecular complexity index is 2880. The molecule has 0 radical (unpaired) electrons. The SMILES string of the molecule is CC(=Cc1cccc(-c2c3ccccc3c(-c3c4ccccc4c(-c4cccc(C=C(C)c5ccccc5)c4)c4ccccc34)c3ccccc23)c1)c1ccccc1. The maximum atomic E-state index is 2.35. The molecule has 0 bridgehead atoms. The van der Waals surface area contributed by atoms with Gasteiger partial charge in [0.25, 0.3) is 0 Å². The lowest BCUT2D eigenvalue weighted by Crippen LogP contribution is -1.95. The van der Waals surface area contributed by atoms with E-state index in [2.05, 4.69) is 232 Å². The number of benzene rings is 10. The van der Waals surface area contributed by atoms with E-state index in [1.165, 1.54) is 110 Å². The van der Waals surface area contributed by atoms with E-state index >= 15 is 0 Å². The van der Waals surface area contributed by atoms with Crippen molar-refractivity contribution in [2.24, 2.45) is 0 Å². The number of hydrogen-bond donors (Lipinski definition) is 0. The molecule has 0 aromatic heterocycles. The average molecular weight is 739 g/mol. The van der Waals surface area contributed by atoms with Gasteiger partial charge in [0.05, 0.1) is 0 Å². The van der Waals surface area contributed by atoms with Gasteiger partial charge < -0.3 is 0 Å². The zero-order chi connectivity index (χ0) is 39.0. The second-order valence-electron chi connectivity index (χ2n) is 15.3. The maximum Gasteiger partial charge on any atom is -0.00139 e. The minimum Gasteiger partial charge on any atom is -0.0622 e. The molecule has 0 aliphatic carbocycles. The van der Waals surface area contributed by atoms with Gasteiger partial charge >= 0.3 is 0 Å². The van der Waals surface area contributed by atoms with Crippen molar-refractivity contribution in [1.82, 2.24) is 0 Å². The van der Waals surface area contributed by atoms with Crippen LogP contribution in [0.25, 0.3) is 99.8 Å². The maximum absolute atomic E-state index is 2.35. The fourth-order valence-electron chi connectivity index (χ4n) is 9.05. The van der Waals surface area contributed by atoms with E-state index in [4.69, 9.17) is 0 Å². The third-order valence-electron chi connectivity index (χ3n) is 11.7. The minimum absolute atomic E-state index is 1.19. The van der Waals surface area contributed by atoms with Crippen LogP contribution in [-0.2, 0) is 0 Å². The van der Waals surface area contributed by atoms with Gasteiger partial charge in [-0.3, -0.25) is 0 Å². The van der Waals surface area contributed by atoms with Crippen LogP contribution < -0.4 is 0 Å². The highest BCUT2D eigenvalue weighted by Gasteiger charge is 2.22. The van der Waals surface area contributed by atoms with Crippen molar-refractivity contribution in [1.29, 1.82) is 0 Å². The molecule has 0 aliphatic rings. The topological polar surface area (TPSA) is 0 Å². The van der Waals surface area contributed by atoms with Crippen LogP contribution in [-0.4, -0.2) is 0 Å². The predicted octanol–water partition coefficient (Wildman–Crippen LogP) is 16.4. The van der Waals surface area contributed by atoms with Gasteiger partial charge in [-0.15, -0.1) is 0 Å². The van der Waals surface area contributed by atoms with Crippen molar-refractivity contribution < 1.29 is 0 Å². The van der Waals surface area contributed by atoms with Gasteiger partial charge in [-0.1, -0.05) is 206 Å². The lowest BCUT2D eigenvalue weighted by Gasteiger charge is -2.22. The fourth-order valence-corrected chi connectivity index (χ4v) is 9.05. The first-order valence-corrected chi connectivity index (χ1v) is 20.2.